The molecule has 1 N–H and O–H groups in total. The van der Waals surface area contributed by atoms with Gasteiger partial charge in [0, 0.05) is 41.0 Å². The molecule has 1 fully saturated rings. The lowest BCUT2D eigenvalue weighted by atomic mass is 9.72. The molecule has 210 valence electrons. The lowest BCUT2D eigenvalue weighted by Crippen LogP contribution is -2.36. The molecule has 2 heterocycles. The van der Waals surface area contributed by atoms with E-state index < -0.39 is 0 Å². The number of morpholine rings is 1. The molecule has 5 rings (SSSR count). The number of nitrogens with zero attached hydrogens (tertiary/aromatic N) is 3. The summed E-state index contributed by atoms with van der Waals surface area (Å²) in [4.78, 5) is 33.1. The van der Waals surface area contributed by atoms with Gasteiger partial charge in [-0.1, -0.05) is 38.4 Å². The summed E-state index contributed by atoms with van der Waals surface area (Å²) >= 11 is 7.56. The number of aliphatic imine (C=N–C) groups is 1. The molecule has 1 aromatic heterocycles. The first-order valence-electron chi connectivity index (χ1n) is 13.5. The lowest BCUT2D eigenvalue weighted by Gasteiger charge is -2.33. The average Bonchev–Trinajstić information content (AvgIpc) is 3.31. The van der Waals surface area contributed by atoms with Crippen molar-refractivity contribution < 1.29 is 14.5 Å². The van der Waals surface area contributed by atoms with Crippen molar-refractivity contribution in [3.8, 4) is 0 Å². The predicted molar refractivity (Wildman–Crippen MR) is 162 cm³/mol. The number of amides is 1. The van der Waals surface area contributed by atoms with E-state index in [-0.39, 0.29) is 21.9 Å². The van der Waals surface area contributed by atoms with Crippen LogP contribution >= 0.6 is 22.9 Å². The molecule has 0 saturated carbocycles. The number of hydrogen-bond donors (Lipinski definition) is 1. The minimum Gasteiger partial charge on any atom is -0.378 e. The van der Waals surface area contributed by atoms with Crippen molar-refractivity contribution in [1.82, 2.24) is 0 Å². The first-order valence-corrected chi connectivity index (χ1v) is 14.7. The van der Waals surface area contributed by atoms with E-state index in [0.29, 0.717) is 64.7 Å². The van der Waals surface area contributed by atoms with Crippen LogP contribution in [0.3, 0.4) is 0 Å². The van der Waals surface area contributed by atoms with Gasteiger partial charge in [-0.05, 0) is 72.1 Å². The third-order valence-corrected chi connectivity index (χ3v) is 9.09. The molecule has 2 aliphatic rings. The highest BCUT2D eigenvalue weighted by Gasteiger charge is 2.34. The zero-order chi connectivity index (χ0) is 28.4. The average molecular weight is 581 g/mol. The number of halogens is 1. The van der Waals surface area contributed by atoms with Gasteiger partial charge in [-0.25, -0.2) is 4.99 Å². The highest BCUT2D eigenvalue weighted by atomic mass is 35.5. The second kappa shape index (κ2) is 11.7. The van der Waals surface area contributed by atoms with E-state index in [4.69, 9.17) is 21.3 Å². The molecule has 1 aliphatic heterocycles. The molecule has 2 aromatic carbocycles. The summed E-state index contributed by atoms with van der Waals surface area (Å²) in [7, 11) is 0. The zero-order valence-corrected chi connectivity index (χ0v) is 24.5. The Hall–Kier alpha value is -3.27. The minimum atomic E-state index is -0.358. The van der Waals surface area contributed by atoms with E-state index in [0.717, 1.165) is 24.8 Å². The van der Waals surface area contributed by atoms with Gasteiger partial charge in [-0.15, -0.1) is 11.3 Å². The Balaban J connectivity index is 1.48. The Kier molecular flexibility index (Phi) is 8.26. The van der Waals surface area contributed by atoms with Crippen molar-refractivity contribution in [3.05, 3.63) is 79.2 Å². The van der Waals surface area contributed by atoms with E-state index in [1.165, 1.54) is 4.88 Å². The quantitative estimate of drug-likeness (QED) is 0.187. The fraction of sp³-hybridized carbons (Fsp3) is 0.400. The number of nitro benzene ring substituents is 1. The molecule has 0 spiro atoms. The third kappa shape index (κ3) is 6.22. The van der Waals surface area contributed by atoms with Crippen LogP contribution in [-0.2, 0) is 17.6 Å². The van der Waals surface area contributed by atoms with Gasteiger partial charge in [0.25, 0.3) is 11.6 Å². The monoisotopic (exact) mass is 580 g/mol. The van der Waals surface area contributed by atoms with Crippen molar-refractivity contribution in [1.29, 1.82) is 0 Å². The third-order valence-electron chi connectivity index (χ3n) is 7.68. The van der Waals surface area contributed by atoms with E-state index in [9.17, 15) is 14.9 Å². The minimum absolute atomic E-state index is 0.0325. The van der Waals surface area contributed by atoms with Gasteiger partial charge in [0.05, 0.1) is 23.7 Å². The van der Waals surface area contributed by atoms with Crippen molar-refractivity contribution in [2.45, 2.75) is 40.0 Å². The summed E-state index contributed by atoms with van der Waals surface area (Å²) in [5.41, 5.74) is 3.67. The fourth-order valence-corrected chi connectivity index (χ4v) is 6.73. The van der Waals surface area contributed by atoms with Gasteiger partial charge in [-0.2, -0.15) is 0 Å². The summed E-state index contributed by atoms with van der Waals surface area (Å²) in [6.07, 6.45) is 4.34. The SMILES string of the molecule is CC(C)(C)[C@@H]1CCc2c(sc(N=Cc3ccc(N4CCOCC4)c([N+](=O)[O-])c3)c2C(=O)Nc2ccc(Cl)cc2)C1. The molecule has 0 radical (unpaired) electrons. The molecule has 1 saturated heterocycles. The molecule has 1 atom stereocenters. The number of nitro groups is 1. The Morgan fingerprint density at radius 3 is 2.60 bits per heavy atom. The predicted octanol–water partition coefficient (Wildman–Crippen LogP) is 7.30. The Bertz CT molecular complexity index is 1440. The first kappa shape index (κ1) is 28.3. The Morgan fingerprint density at radius 1 is 1.20 bits per heavy atom. The number of hydrogen-bond acceptors (Lipinski definition) is 7. The topological polar surface area (TPSA) is 97.1 Å². The molecule has 1 amide bonds. The van der Waals surface area contributed by atoms with Crippen LogP contribution in [0.2, 0.25) is 5.02 Å². The van der Waals surface area contributed by atoms with Gasteiger partial charge in [0.2, 0.25) is 0 Å². The molecule has 8 nitrogen and oxygen atoms in total. The fourth-order valence-electron chi connectivity index (χ4n) is 5.33. The smallest absolute Gasteiger partial charge is 0.293 e. The van der Waals surface area contributed by atoms with E-state index >= 15 is 0 Å². The molecule has 3 aromatic rings. The van der Waals surface area contributed by atoms with Crippen LogP contribution in [0.4, 0.5) is 22.1 Å². The van der Waals surface area contributed by atoms with Crippen molar-refractivity contribution in [3.63, 3.8) is 0 Å². The number of anilines is 2. The largest absolute Gasteiger partial charge is 0.378 e. The van der Waals surface area contributed by atoms with Gasteiger partial charge in [0.15, 0.2) is 0 Å². The number of carbonyl (C=O) groups is 1. The van der Waals surface area contributed by atoms with Crippen LogP contribution in [0, 0.1) is 21.4 Å². The molecular formula is C30H33ClN4O4S. The van der Waals surface area contributed by atoms with Crippen molar-refractivity contribution in [2.75, 3.05) is 36.5 Å². The number of ether oxygens (including phenoxy) is 1. The van der Waals surface area contributed by atoms with E-state index in [1.807, 2.05) is 11.0 Å². The van der Waals surface area contributed by atoms with Crippen LogP contribution in [-0.4, -0.2) is 43.3 Å². The number of thiophene rings is 1. The maximum absolute atomic E-state index is 13.6. The highest BCUT2D eigenvalue weighted by molar-refractivity contribution is 7.16. The maximum atomic E-state index is 13.6. The van der Waals surface area contributed by atoms with E-state index in [1.54, 1.807) is 53.9 Å². The van der Waals surface area contributed by atoms with Crippen LogP contribution in [0.25, 0.3) is 0 Å². The zero-order valence-electron chi connectivity index (χ0n) is 22.9. The van der Waals surface area contributed by atoms with Crippen LogP contribution in [0.1, 0.15) is 53.6 Å². The van der Waals surface area contributed by atoms with Crippen LogP contribution in [0.15, 0.2) is 47.5 Å². The molecule has 0 bridgehead atoms. The van der Waals surface area contributed by atoms with Gasteiger partial charge in [0.1, 0.15) is 10.7 Å². The van der Waals surface area contributed by atoms with Crippen molar-refractivity contribution in [2.24, 2.45) is 16.3 Å². The standard InChI is InChI=1S/C30H33ClN4O4S/c1-30(2,3)20-5-10-23-26(17-20)40-29(27(23)28(36)33-22-8-6-21(31)7-9-22)32-18-19-4-11-24(25(16-19)35(37)38)34-12-14-39-15-13-34/h4,6-9,11,16,18,20H,5,10,12-15,17H2,1-3H3,(H,33,36)/t20-/m1/s1. The second-order valence-corrected chi connectivity index (χ2v) is 12.8. The summed E-state index contributed by atoms with van der Waals surface area (Å²) in [5.74, 6) is 0.299. The number of fused-ring (bicyclic) bond motifs is 1. The Labute approximate surface area is 243 Å². The molecule has 0 unspecified atom stereocenters. The summed E-state index contributed by atoms with van der Waals surface area (Å²) in [6.45, 7) is 9.08. The Morgan fingerprint density at radius 2 is 1.93 bits per heavy atom. The maximum Gasteiger partial charge on any atom is 0.293 e. The molecular weight excluding hydrogens is 548 g/mol. The van der Waals surface area contributed by atoms with E-state index in [2.05, 4.69) is 26.1 Å². The summed E-state index contributed by atoms with van der Waals surface area (Å²) < 4.78 is 5.40. The second-order valence-electron chi connectivity index (χ2n) is 11.3. The van der Waals surface area contributed by atoms with Gasteiger partial charge in [-0.3, -0.25) is 14.9 Å². The van der Waals surface area contributed by atoms with Crippen LogP contribution in [0.5, 0.6) is 0 Å². The molecule has 40 heavy (non-hydrogen) atoms. The molecule has 10 heteroatoms. The normalized spacial score (nSPS) is 17.6. The van der Waals surface area contributed by atoms with Gasteiger partial charge < -0.3 is 15.0 Å². The summed E-state index contributed by atoms with van der Waals surface area (Å²) in [5, 5.41) is 16.1. The van der Waals surface area contributed by atoms with Crippen LogP contribution < -0.4 is 10.2 Å². The molecule has 1 aliphatic carbocycles. The number of benzene rings is 2. The number of nitrogens with one attached hydrogen (secondary N) is 1. The number of rotatable bonds is 6. The highest BCUT2D eigenvalue weighted by Crippen LogP contribution is 2.45. The number of carbonyl (C=O) groups excluding carboxylic acids is 1. The van der Waals surface area contributed by atoms with Gasteiger partial charge >= 0.3 is 0 Å². The summed E-state index contributed by atoms with van der Waals surface area (Å²) in [6, 6.07) is 12.2. The lowest BCUT2D eigenvalue weighted by molar-refractivity contribution is -0.384. The van der Waals surface area contributed by atoms with Crippen molar-refractivity contribution >= 4 is 57.1 Å². The first-order chi connectivity index (χ1) is 19.1.